The van der Waals surface area contributed by atoms with Crippen LogP contribution in [0.3, 0.4) is 0 Å². The molecule has 0 aromatic heterocycles. The average Bonchev–Trinajstić information content (AvgIpc) is 2.19. The topological polar surface area (TPSA) is 41.1 Å². The molecule has 0 saturated carbocycles. The number of aryl methyl sites for hydroxylation is 1. The number of amides is 2. The molecule has 0 spiro atoms. The monoisotopic (exact) mass is 224 g/mol. The number of urea groups is 1. The van der Waals surface area contributed by atoms with Crippen molar-refractivity contribution in [3.05, 3.63) is 41.4 Å². The molecule has 2 amide bonds. The van der Waals surface area contributed by atoms with E-state index >= 15 is 0 Å². The van der Waals surface area contributed by atoms with Crippen LogP contribution in [0, 0.1) is 6.92 Å². The van der Waals surface area contributed by atoms with Gasteiger partial charge in [0.1, 0.15) is 0 Å². The Bertz CT molecular complexity index is 377. The van der Waals surface area contributed by atoms with Gasteiger partial charge in [0, 0.05) is 6.54 Å². The average molecular weight is 225 g/mol. The molecule has 0 aliphatic heterocycles. The summed E-state index contributed by atoms with van der Waals surface area (Å²) in [6.07, 6.45) is 1.61. The Morgan fingerprint density at radius 2 is 2.33 bits per heavy atom. The van der Waals surface area contributed by atoms with E-state index in [0.717, 1.165) is 5.56 Å². The highest BCUT2D eigenvalue weighted by Gasteiger charge is 2.03. The number of anilines is 1. The van der Waals surface area contributed by atoms with Crippen LogP contribution in [0.4, 0.5) is 10.5 Å². The molecule has 4 heteroatoms. The third kappa shape index (κ3) is 3.64. The van der Waals surface area contributed by atoms with Crippen molar-refractivity contribution in [3.8, 4) is 0 Å². The predicted molar refractivity (Wildman–Crippen MR) is 63.4 cm³/mol. The van der Waals surface area contributed by atoms with Crippen molar-refractivity contribution in [3.63, 3.8) is 0 Å². The normalized spacial score (nSPS) is 9.47. The fraction of sp³-hybridized carbons (Fsp3) is 0.182. The molecule has 0 atom stereocenters. The summed E-state index contributed by atoms with van der Waals surface area (Å²) < 4.78 is 0. The maximum atomic E-state index is 11.3. The number of carbonyl (C=O) groups is 1. The van der Waals surface area contributed by atoms with E-state index in [2.05, 4.69) is 17.2 Å². The summed E-state index contributed by atoms with van der Waals surface area (Å²) in [7, 11) is 0. The van der Waals surface area contributed by atoms with Gasteiger partial charge in [-0.1, -0.05) is 23.7 Å². The zero-order chi connectivity index (χ0) is 11.3. The second kappa shape index (κ2) is 5.41. The highest BCUT2D eigenvalue weighted by atomic mass is 35.5. The van der Waals surface area contributed by atoms with Crippen LogP contribution < -0.4 is 10.6 Å². The molecule has 1 rings (SSSR count). The van der Waals surface area contributed by atoms with Gasteiger partial charge in [0.15, 0.2) is 0 Å². The first-order valence-electron chi connectivity index (χ1n) is 4.55. The molecule has 0 saturated heterocycles. The van der Waals surface area contributed by atoms with Gasteiger partial charge in [-0.05, 0) is 24.6 Å². The van der Waals surface area contributed by atoms with Gasteiger partial charge < -0.3 is 10.6 Å². The molecule has 1 aromatic carbocycles. The molecule has 1 aromatic rings. The summed E-state index contributed by atoms with van der Waals surface area (Å²) in [5, 5.41) is 5.77. The minimum absolute atomic E-state index is 0.291. The molecule has 0 aliphatic rings. The Balaban J connectivity index is 2.64. The maximum absolute atomic E-state index is 11.3. The molecular weight excluding hydrogens is 212 g/mol. The van der Waals surface area contributed by atoms with E-state index in [1.54, 1.807) is 18.2 Å². The fourth-order valence-electron chi connectivity index (χ4n) is 1.05. The van der Waals surface area contributed by atoms with E-state index in [4.69, 9.17) is 11.6 Å². The van der Waals surface area contributed by atoms with Crippen molar-refractivity contribution < 1.29 is 4.79 Å². The number of rotatable bonds is 3. The van der Waals surface area contributed by atoms with Gasteiger partial charge in [-0.2, -0.15) is 0 Å². The minimum atomic E-state index is -0.291. The molecular formula is C11H13ClN2O. The van der Waals surface area contributed by atoms with Crippen molar-refractivity contribution in [1.29, 1.82) is 0 Å². The van der Waals surface area contributed by atoms with Crippen molar-refractivity contribution in [2.75, 3.05) is 11.9 Å². The van der Waals surface area contributed by atoms with Gasteiger partial charge in [-0.3, -0.25) is 0 Å². The van der Waals surface area contributed by atoms with E-state index in [9.17, 15) is 4.79 Å². The van der Waals surface area contributed by atoms with Crippen LogP contribution in [0.25, 0.3) is 0 Å². The first kappa shape index (κ1) is 11.6. The van der Waals surface area contributed by atoms with Crippen LogP contribution in [0.1, 0.15) is 5.56 Å². The van der Waals surface area contributed by atoms with Crippen molar-refractivity contribution in [1.82, 2.24) is 5.32 Å². The summed E-state index contributed by atoms with van der Waals surface area (Å²) in [5.74, 6) is 0. The molecule has 15 heavy (non-hydrogen) atoms. The van der Waals surface area contributed by atoms with E-state index in [1.165, 1.54) is 0 Å². The zero-order valence-corrected chi connectivity index (χ0v) is 9.27. The van der Waals surface area contributed by atoms with Crippen molar-refractivity contribution in [2.24, 2.45) is 0 Å². The maximum Gasteiger partial charge on any atom is 0.319 e. The molecule has 80 valence electrons. The van der Waals surface area contributed by atoms with Gasteiger partial charge >= 0.3 is 6.03 Å². The second-order valence-corrected chi connectivity index (χ2v) is 3.51. The Labute approximate surface area is 94.1 Å². The molecule has 0 aliphatic carbocycles. The Morgan fingerprint density at radius 1 is 1.60 bits per heavy atom. The quantitative estimate of drug-likeness (QED) is 0.762. The van der Waals surface area contributed by atoms with Crippen LogP contribution in [0.15, 0.2) is 30.9 Å². The van der Waals surface area contributed by atoms with Gasteiger partial charge in [-0.15, -0.1) is 6.58 Å². The number of nitrogens with one attached hydrogen (secondary N) is 2. The summed E-state index contributed by atoms with van der Waals surface area (Å²) in [6.45, 7) is 5.86. The van der Waals surface area contributed by atoms with E-state index < -0.39 is 0 Å². The Kier molecular flexibility index (Phi) is 4.18. The van der Waals surface area contributed by atoms with Gasteiger partial charge in [0.05, 0.1) is 10.7 Å². The SMILES string of the molecule is C=CCNC(=O)Nc1ccc(C)cc1Cl. The number of benzene rings is 1. The lowest BCUT2D eigenvalue weighted by atomic mass is 10.2. The van der Waals surface area contributed by atoms with Crippen LogP contribution in [-0.4, -0.2) is 12.6 Å². The number of hydrogen-bond donors (Lipinski definition) is 2. The zero-order valence-electron chi connectivity index (χ0n) is 8.51. The molecule has 0 heterocycles. The molecule has 0 fully saturated rings. The first-order chi connectivity index (χ1) is 7.13. The summed E-state index contributed by atoms with van der Waals surface area (Å²) in [5.41, 5.74) is 1.65. The Morgan fingerprint density at radius 3 is 2.93 bits per heavy atom. The van der Waals surface area contributed by atoms with Crippen LogP contribution in [0.2, 0.25) is 5.02 Å². The molecule has 2 N–H and O–H groups in total. The third-order valence-electron chi connectivity index (χ3n) is 1.78. The summed E-state index contributed by atoms with van der Waals surface area (Å²) >= 11 is 5.94. The summed E-state index contributed by atoms with van der Waals surface area (Å²) in [6, 6.07) is 5.16. The fourth-order valence-corrected chi connectivity index (χ4v) is 1.34. The van der Waals surface area contributed by atoms with E-state index in [0.29, 0.717) is 17.3 Å². The lowest BCUT2D eigenvalue weighted by Gasteiger charge is -2.08. The minimum Gasteiger partial charge on any atom is -0.334 e. The summed E-state index contributed by atoms with van der Waals surface area (Å²) in [4.78, 5) is 11.3. The van der Waals surface area contributed by atoms with Crippen LogP contribution in [0.5, 0.6) is 0 Å². The van der Waals surface area contributed by atoms with Crippen LogP contribution >= 0.6 is 11.6 Å². The lowest BCUT2D eigenvalue weighted by Crippen LogP contribution is -2.28. The van der Waals surface area contributed by atoms with Crippen molar-refractivity contribution >= 4 is 23.3 Å². The molecule has 0 bridgehead atoms. The standard InChI is InChI=1S/C11H13ClN2O/c1-3-6-13-11(15)14-10-5-4-8(2)7-9(10)12/h3-5,7H,1,6H2,2H3,(H2,13,14,15). The predicted octanol–water partition coefficient (Wildman–Crippen LogP) is 2.96. The number of halogens is 1. The van der Waals surface area contributed by atoms with Gasteiger partial charge in [-0.25, -0.2) is 4.79 Å². The molecule has 3 nitrogen and oxygen atoms in total. The Hall–Kier alpha value is -1.48. The molecule has 0 unspecified atom stereocenters. The lowest BCUT2D eigenvalue weighted by molar-refractivity contribution is 0.253. The highest BCUT2D eigenvalue weighted by molar-refractivity contribution is 6.33. The van der Waals surface area contributed by atoms with Gasteiger partial charge in [0.25, 0.3) is 0 Å². The van der Waals surface area contributed by atoms with Gasteiger partial charge in [0.2, 0.25) is 0 Å². The molecule has 0 radical (unpaired) electrons. The third-order valence-corrected chi connectivity index (χ3v) is 2.09. The van der Waals surface area contributed by atoms with Crippen LogP contribution in [-0.2, 0) is 0 Å². The van der Waals surface area contributed by atoms with E-state index in [1.807, 2.05) is 13.0 Å². The smallest absolute Gasteiger partial charge is 0.319 e. The largest absolute Gasteiger partial charge is 0.334 e. The van der Waals surface area contributed by atoms with Crippen molar-refractivity contribution in [2.45, 2.75) is 6.92 Å². The second-order valence-electron chi connectivity index (χ2n) is 3.11. The number of carbonyl (C=O) groups excluding carboxylic acids is 1. The number of hydrogen-bond acceptors (Lipinski definition) is 1. The highest BCUT2D eigenvalue weighted by Crippen LogP contribution is 2.22. The first-order valence-corrected chi connectivity index (χ1v) is 4.93. The van der Waals surface area contributed by atoms with E-state index in [-0.39, 0.29) is 6.03 Å².